The summed E-state index contributed by atoms with van der Waals surface area (Å²) in [6.07, 6.45) is 4.20. The molecule has 0 unspecified atom stereocenters. The normalized spacial score (nSPS) is 14.4. The highest BCUT2D eigenvalue weighted by Gasteiger charge is 2.21. The maximum absolute atomic E-state index is 9.64. The lowest BCUT2D eigenvalue weighted by Crippen LogP contribution is -2.16. The molecule has 38 heavy (non-hydrogen) atoms. The number of fused-ring (bicyclic) bond motifs is 1. The molecule has 1 aromatic heterocycles. The number of aliphatic carboxylic acids is 2. The first-order chi connectivity index (χ1) is 18.4. The summed E-state index contributed by atoms with van der Waals surface area (Å²) in [7, 11) is 0. The van der Waals surface area contributed by atoms with E-state index in [-0.39, 0.29) is 12.8 Å². The highest BCUT2D eigenvalue weighted by Crippen LogP contribution is 2.32. The number of carbonyl (C=O) groups is 2. The minimum absolute atomic E-state index is 0.296. The first-order valence-electron chi connectivity index (χ1n) is 12.9. The highest BCUT2D eigenvalue weighted by molar-refractivity contribution is 7.10. The quantitative estimate of drug-likeness (QED) is 0.221. The smallest absolute Gasteiger partial charge is 0.303 e. The van der Waals surface area contributed by atoms with Gasteiger partial charge in [0.05, 0.1) is 29.2 Å². The largest absolute Gasteiger partial charge is 0.481 e. The molecule has 2 aromatic carbocycles. The van der Waals surface area contributed by atoms with Crippen molar-refractivity contribution in [2.75, 3.05) is 30.3 Å². The molecule has 5 rings (SSSR count). The lowest BCUT2D eigenvalue weighted by Gasteiger charge is -2.16. The molecule has 3 aromatic rings. The van der Waals surface area contributed by atoms with E-state index >= 15 is 0 Å². The van der Waals surface area contributed by atoms with E-state index in [0.717, 1.165) is 71.9 Å². The third-order valence-corrected chi connectivity index (χ3v) is 7.59. The van der Waals surface area contributed by atoms with Crippen LogP contribution >= 0.6 is 23.1 Å². The van der Waals surface area contributed by atoms with Gasteiger partial charge in [-0.25, -0.2) is 0 Å². The molecule has 0 bridgehead atoms. The summed E-state index contributed by atoms with van der Waals surface area (Å²) in [5.74, 6) is -1.29. The molecule has 1 saturated carbocycles. The maximum Gasteiger partial charge on any atom is 0.303 e. The van der Waals surface area contributed by atoms with Crippen molar-refractivity contribution in [1.29, 1.82) is 0 Å². The molecule has 2 heterocycles. The Balaban J connectivity index is 0.000000368. The average molecular weight is 557 g/mol. The number of carboxylic acids is 2. The van der Waals surface area contributed by atoms with Crippen molar-refractivity contribution in [3.63, 3.8) is 0 Å². The molecule has 10 heteroatoms. The van der Waals surface area contributed by atoms with Gasteiger partial charge in [-0.1, -0.05) is 41.9 Å². The molecule has 0 radical (unpaired) electrons. The minimum atomic E-state index is -1.08. The summed E-state index contributed by atoms with van der Waals surface area (Å²) in [6.45, 7) is 3.87. The van der Waals surface area contributed by atoms with Gasteiger partial charge in [0.15, 0.2) is 0 Å². The number of anilines is 2. The zero-order chi connectivity index (χ0) is 26.9. The van der Waals surface area contributed by atoms with Crippen molar-refractivity contribution >= 4 is 45.8 Å². The first kappa shape index (κ1) is 27.9. The Morgan fingerprint density at radius 3 is 2.39 bits per heavy atom. The molecule has 1 fully saturated rings. The number of aromatic nitrogens is 1. The van der Waals surface area contributed by atoms with Crippen LogP contribution in [0.15, 0.2) is 42.5 Å². The lowest BCUT2D eigenvalue weighted by molar-refractivity contribution is -0.143. The molecule has 202 valence electrons. The van der Waals surface area contributed by atoms with Gasteiger partial charge in [0.2, 0.25) is 0 Å². The van der Waals surface area contributed by atoms with Crippen LogP contribution in [0.1, 0.15) is 42.4 Å². The van der Waals surface area contributed by atoms with Crippen LogP contribution in [0, 0.1) is 5.92 Å². The fourth-order valence-corrected chi connectivity index (χ4v) is 5.10. The van der Waals surface area contributed by atoms with Gasteiger partial charge in [-0.3, -0.25) is 9.59 Å². The van der Waals surface area contributed by atoms with Crippen LogP contribution in [0.5, 0.6) is 0 Å². The van der Waals surface area contributed by atoms with Crippen LogP contribution in [-0.2, 0) is 29.0 Å². The topological polar surface area (TPSA) is 124 Å². The molecular weight excluding hydrogens is 524 g/mol. The van der Waals surface area contributed by atoms with Crippen molar-refractivity contribution in [1.82, 2.24) is 9.69 Å². The van der Waals surface area contributed by atoms with Gasteiger partial charge in [-0.2, -0.15) is 4.37 Å². The molecule has 1 aliphatic carbocycles. The molecule has 1 aliphatic heterocycles. The molecule has 8 nitrogen and oxygen atoms in total. The van der Waals surface area contributed by atoms with Gasteiger partial charge in [-0.05, 0) is 79.0 Å². The zero-order valence-electron chi connectivity index (χ0n) is 21.1. The van der Waals surface area contributed by atoms with Crippen LogP contribution in [0.2, 0.25) is 5.02 Å². The number of hydrogen-bond donors (Lipinski definition) is 5. The van der Waals surface area contributed by atoms with Crippen molar-refractivity contribution in [3.8, 4) is 11.3 Å². The number of halogens is 1. The van der Waals surface area contributed by atoms with E-state index in [1.54, 1.807) is 11.5 Å². The second-order valence-electron chi connectivity index (χ2n) is 9.55. The Morgan fingerprint density at radius 2 is 1.71 bits per heavy atom. The van der Waals surface area contributed by atoms with E-state index in [2.05, 4.69) is 56.7 Å². The van der Waals surface area contributed by atoms with Gasteiger partial charge in [0, 0.05) is 24.7 Å². The predicted octanol–water partition coefficient (Wildman–Crippen LogP) is 5.52. The number of nitrogens with one attached hydrogen (secondary N) is 3. The van der Waals surface area contributed by atoms with Gasteiger partial charge in [-0.15, -0.1) is 0 Å². The molecule has 0 saturated heterocycles. The van der Waals surface area contributed by atoms with Crippen LogP contribution in [-0.4, -0.2) is 46.2 Å². The van der Waals surface area contributed by atoms with Crippen molar-refractivity contribution < 1.29 is 19.8 Å². The van der Waals surface area contributed by atoms with Crippen molar-refractivity contribution in [3.05, 3.63) is 64.2 Å². The van der Waals surface area contributed by atoms with Gasteiger partial charge < -0.3 is 26.2 Å². The third-order valence-electron chi connectivity index (χ3n) is 6.53. The molecule has 0 atom stereocenters. The number of benzene rings is 2. The lowest BCUT2D eigenvalue weighted by atomic mass is 10.0. The number of hydrogen-bond acceptors (Lipinski definition) is 7. The second-order valence-corrected chi connectivity index (χ2v) is 10.8. The Bertz CT molecular complexity index is 1230. The SMILES string of the molecule is Clc1ccc2c(c1NCc1ccc(-c3cc(NCC4CC4)sn3)cc1)CCNCC2.O=C(O)CCC(=O)O. The van der Waals surface area contributed by atoms with Crippen LogP contribution < -0.4 is 16.0 Å². The summed E-state index contributed by atoms with van der Waals surface area (Å²) in [4.78, 5) is 19.3. The van der Waals surface area contributed by atoms with E-state index in [1.165, 1.54) is 29.5 Å². The molecular formula is C28H33ClN4O4S. The molecule has 2 aliphatic rings. The Hall–Kier alpha value is -3.14. The third kappa shape index (κ3) is 8.44. The van der Waals surface area contributed by atoms with E-state index in [4.69, 9.17) is 21.8 Å². The van der Waals surface area contributed by atoms with E-state index in [9.17, 15) is 9.59 Å². The van der Waals surface area contributed by atoms with E-state index in [1.807, 2.05) is 6.07 Å². The fraction of sp³-hybridized carbons (Fsp3) is 0.393. The predicted molar refractivity (Wildman–Crippen MR) is 152 cm³/mol. The summed E-state index contributed by atoms with van der Waals surface area (Å²) in [5.41, 5.74) is 7.29. The van der Waals surface area contributed by atoms with Gasteiger partial charge in [0.25, 0.3) is 0 Å². The standard InChI is InChI=1S/C24H27ClN4S.C4H6O4/c25-21-8-7-18-9-11-26-12-10-20(18)24(21)28-15-17-3-5-19(6-4-17)22-13-23(30-29-22)27-14-16-1-2-16;5-3(6)1-2-4(7)8/h3-8,13,16,26-28H,1-2,9-12,14-15H2;1-2H2,(H,5,6)(H,7,8). The van der Waals surface area contributed by atoms with Crippen molar-refractivity contribution in [2.24, 2.45) is 5.92 Å². The number of rotatable bonds is 10. The maximum atomic E-state index is 9.64. The first-order valence-corrected chi connectivity index (χ1v) is 14.0. The van der Waals surface area contributed by atoms with Crippen LogP contribution in [0.3, 0.4) is 0 Å². The van der Waals surface area contributed by atoms with E-state index in [0.29, 0.717) is 0 Å². The Labute approximate surface area is 231 Å². The Morgan fingerprint density at radius 1 is 1.00 bits per heavy atom. The van der Waals surface area contributed by atoms with Crippen LogP contribution in [0.25, 0.3) is 11.3 Å². The van der Waals surface area contributed by atoms with Gasteiger partial charge >= 0.3 is 11.9 Å². The molecule has 0 amide bonds. The van der Waals surface area contributed by atoms with Crippen molar-refractivity contribution in [2.45, 2.75) is 45.1 Å². The zero-order valence-corrected chi connectivity index (χ0v) is 22.7. The average Bonchev–Trinajstić information content (AvgIpc) is 3.67. The van der Waals surface area contributed by atoms with Gasteiger partial charge in [0.1, 0.15) is 5.00 Å². The summed E-state index contributed by atoms with van der Waals surface area (Å²) >= 11 is 8.09. The number of carboxylic acid groups (broad SMARTS) is 2. The summed E-state index contributed by atoms with van der Waals surface area (Å²) in [6, 6.07) is 15.0. The Kier molecular flexibility index (Phi) is 9.98. The monoisotopic (exact) mass is 556 g/mol. The van der Waals surface area contributed by atoms with Crippen LogP contribution in [0.4, 0.5) is 10.7 Å². The fourth-order valence-electron chi connectivity index (χ4n) is 4.19. The molecule has 0 spiro atoms. The second kappa shape index (κ2) is 13.6. The summed E-state index contributed by atoms with van der Waals surface area (Å²) in [5, 5.41) is 28.4. The molecule has 5 N–H and O–H groups in total. The van der Waals surface area contributed by atoms with E-state index < -0.39 is 11.9 Å². The number of nitrogens with zero attached hydrogens (tertiary/aromatic N) is 1. The summed E-state index contributed by atoms with van der Waals surface area (Å²) < 4.78 is 4.62. The minimum Gasteiger partial charge on any atom is -0.481 e. The highest BCUT2D eigenvalue weighted by atomic mass is 35.5.